The van der Waals surface area contributed by atoms with Crippen LogP contribution in [0, 0.1) is 23.3 Å². The summed E-state index contributed by atoms with van der Waals surface area (Å²) in [5.74, 6) is -14.9. The van der Waals surface area contributed by atoms with E-state index in [2.05, 4.69) is 0 Å². The quantitative estimate of drug-likeness (QED) is 0.327. The highest BCUT2D eigenvalue weighted by Crippen LogP contribution is 2.50. The predicted octanol–water partition coefficient (Wildman–Crippen LogP) is 7.62. The molecule has 0 atom stereocenters. The highest BCUT2D eigenvalue weighted by molar-refractivity contribution is 5.89. The molecule has 0 aromatic heterocycles. The van der Waals surface area contributed by atoms with Gasteiger partial charge in [0.05, 0.1) is 6.61 Å². The van der Waals surface area contributed by atoms with E-state index in [4.69, 9.17) is 4.74 Å². The van der Waals surface area contributed by atoms with Gasteiger partial charge in [0.2, 0.25) is 0 Å². The minimum Gasteiger partial charge on any atom is -0.494 e. The third kappa shape index (κ3) is 3.93. The first-order chi connectivity index (χ1) is 16.0. The molecule has 0 heterocycles. The van der Waals surface area contributed by atoms with Crippen molar-refractivity contribution in [1.82, 2.24) is 0 Å². The Balaban J connectivity index is 1.69. The van der Waals surface area contributed by atoms with E-state index in [0.29, 0.717) is 0 Å². The van der Waals surface area contributed by atoms with E-state index in [1.54, 1.807) is 6.92 Å². The second-order valence-electron chi connectivity index (χ2n) is 7.73. The minimum absolute atomic E-state index is 0.0665. The van der Waals surface area contributed by atoms with Crippen molar-refractivity contribution in [2.75, 3.05) is 6.61 Å². The predicted molar refractivity (Wildman–Crippen MR) is 110 cm³/mol. The van der Waals surface area contributed by atoms with E-state index in [9.17, 15) is 35.1 Å². The standard InChI is InChI=1S/C25H16F8O/c1-2-34-18-5-3-16(4-6-18)24(30,31)25(32,33)17-11-21(28)23(22(29)12-17)15-7-13-9-19(26)20(27)10-14(13)8-15/h3-7,9-12H,2,8H2,1H3. The number of hydrogen-bond acceptors (Lipinski definition) is 1. The van der Waals surface area contributed by atoms with Crippen LogP contribution in [0.25, 0.3) is 11.6 Å². The van der Waals surface area contributed by atoms with Crippen molar-refractivity contribution in [2.45, 2.75) is 25.2 Å². The van der Waals surface area contributed by atoms with E-state index in [0.717, 1.165) is 36.4 Å². The Hall–Kier alpha value is -3.36. The molecule has 9 heteroatoms. The van der Waals surface area contributed by atoms with Crippen LogP contribution in [0.3, 0.4) is 0 Å². The van der Waals surface area contributed by atoms with Crippen LogP contribution in [0.5, 0.6) is 5.75 Å². The van der Waals surface area contributed by atoms with Gasteiger partial charge < -0.3 is 4.74 Å². The Kier molecular flexibility index (Phi) is 5.91. The number of hydrogen-bond donors (Lipinski definition) is 0. The molecule has 0 radical (unpaired) electrons. The Morgan fingerprint density at radius 2 is 1.29 bits per heavy atom. The maximum atomic E-state index is 14.8. The molecule has 0 amide bonds. The van der Waals surface area contributed by atoms with Crippen LogP contribution in [0.1, 0.15) is 34.7 Å². The molecular weight excluding hydrogens is 468 g/mol. The normalized spacial score (nSPS) is 13.6. The molecule has 4 rings (SSSR count). The number of halogens is 8. The van der Waals surface area contributed by atoms with Gasteiger partial charge in [0.1, 0.15) is 17.4 Å². The molecule has 0 saturated heterocycles. The maximum absolute atomic E-state index is 14.8. The number of allylic oxidation sites excluding steroid dienone is 1. The first-order valence-electron chi connectivity index (χ1n) is 10.1. The van der Waals surface area contributed by atoms with Crippen LogP contribution in [0.4, 0.5) is 35.1 Å². The maximum Gasteiger partial charge on any atom is 0.339 e. The summed E-state index contributed by atoms with van der Waals surface area (Å²) in [5.41, 5.74) is -3.01. The van der Waals surface area contributed by atoms with Crippen molar-refractivity contribution >= 4 is 11.6 Å². The number of ether oxygens (including phenoxy) is 1. The summed E-state index contributed by atoms with van der Waals surface area (Å²) < 4.78 is 121. The Labute approximate surface area is 189 Å². The van der Waals surface area contributed by atoms with Gasteiger partial charge in [-0.2, -0.15) is 17.6 Å². The highest BCUT2D eigenvalue weighted by atomic mass is 19.3. The summed E-state index contributed by atoms with van der Waals surface area (Å²) in [4.78, 5) is 0. The topological polar surface area (TPSA) is 9.23 Å². The smallest absolute Gasteiger partial charge is 0.339 e. The molecule has 0 N–H and O–H groups in total. The summed E-state index contributed by atoms with van der Waals surface area (Å²) >= 11 is 0. The Morgan fingerprint density at radius 1 is 0.735 bits per heavy atom. The van der Waals surface area contributed by atoms with Crippen molar-refractivity contribution in [3.8, 4) is 5.75 Å². The molecule has 0 unspecified atom stereocenters. The van der Waals surface area contributed by atoms with Crippen molar-refractivity contribution in [1.29, 1.82) is 0 Å². The molecule has 3 aromatic rings. The van der Waals surface area contributed by atoms with Crippen LogP contribution < -0.4 is 4.74 Å². The van der Waals surface area contributed by atoms with E-state index in [1.165, 1.54) is 6.08 Å². The van der Waals surface area contributed by atoms with Gasteiger partial charge in [-0.25, -0.2) is 17.6 Å². The number of benzene rings is 3. The Morgan fingerprint density at radius 3 is 1.88 bits per heavy atom. The van der Waals surface area contributed by atoms with E-state index in [1.807, 2.05) is 0 Å². The van der Waals surface area contributed by atoms with Gasteiger partial charge in [0, 0.05) is 16.7 Å². The number of rotatable bonds is 6. The first-order valence-corrected chi connectivity index (χ1v) is 10.1. The molecule has 1 aliphatic carbocycles. The third-order valence-electron chi connectivity index (χ3n) is 5.54. The summed E-state index contributed by atoms with van der Waals surface area (Å²) in [6.45, 7) is 1.89. The fraction of sp³-hybridized carbons (Fsp3) is 0.200. The van der Waals surface area contributed by atoms with Gasteiger partial charge in [-0.1, -0.05) is 6.08 Å². The average molecular weight is 484 g/mol. The average Bonchev–Trinajstić information content (AvgIpc) is 3.16. The zero-order valence-corrected chi connectivity index (χ0v) is 17.5. The van der Waals surface area contributed by atoms with E-state index >= 15 is 0 Å². The first kappa shape index (κ1) is 23.8. The molecular formula is C25H16F8O. The summed E-state index contributed by atoms with van der Waals surface area (Å²) in [6, 6.07) is 5.67. The van der Waals surface area contributed by atoms with Crippen molar-refractivity contribution < 1.29 is 39.9 Å². The second kappa shape index (κ2) is 8.45. The lowest BCUT2D eigenvalue weighted by Crippen LogP contribution is -2.36. The number of fused-ring (bicyclic) bond motifs is 1. The molecule has 0 saturated carbocycles. The zero-order valence-electron chi connectivity index (χ0n) is 17.5. The van der Waals surface area contributed by atoms with Gasteiger partial charge in [-0.15, -0.1) is 0 Å². The minimum atomic E-state index is -4.96. The fourth-order valence-corrected chi connectivity index (χ4v) is 3.85. The summed E-state index contributed by atoms with van der Waals surface area (Å²) in [6.07, 6.45) is 0.990. The molecule has 3 aromatic carbocycles. The van der Waals surface area contributed by atoms with Gasteiger partial charge in [-0.3, -0.25) is 0 Å². The SMILES string of the molecule is CCOc1ccc(C(F)(F)C(F)(F)c2cc(F)c(C3=Cc4cc(F)c(F)cc4C3)c(F)c2)cc1. The molecule has 0 aliphatic heterocycles. The van der Waals surface area contributed by atoms with E-state index < -0.39 is 51.8 Å². The van der Waals surface area contributed by atoms with Crippen molar-refractivity contribution in [3.63, 3.8) is 0 Å². The van der Waals surface area contributed by atoms with Gasteiger partial charge >= 0.3 is 11.8 Å². The van der Waals surface area contributed by atoms with E-state index in [-0.39, 0.29) is 47.6 Å². The monoisotopic (exact) mass is 484 g/mol. The van der Waals surface area contributed by atoms with Crippen molar-refractivity contribution in [2.24, 2.45) is 0 Å². The van der Waals surface area contributed by atoms with Gasteiger partial charge in [0.25, 0.3) is 0 Å². The third-order valence-corrected chi connectivity index (χ3v) is 5.54. The lowest BCUT2D eigenvalue weighted by molar-refractivity contribution is -0.224. The molecule has 34 heavy (non-hydrogen) atoms. The summed E-state index contributed by atoms with van der Waals surface area (Å²) in [7, 11) is 0. The Bertz CT molecular complexity index is 1260. The molecule has 1 aliphatic rings. The number of alkyl halides is 4. The molecule has 0 fully saturated rings. The lowest BCUT2D eigenvalue weighted by atomic mass is 9.93. The van der Waals surface area contributed by atoms with Crippen LogP contribution in [-0.4, -0.2) is 6.61 Å². The van der Waals surface area contributed by atoms with Gasteiger partial charge in [-0.05, 0) is 78.6 Å². The zero-order chi connectivity index (χ0) is 24.8. The lowest BCUT2D eigenvalue weighted by Gasteiger charge is -2.27. The summed E-state index contributed by atoms with van der Waals surface area (Å²) in [5, 5.41) is 0. The van der Waals surface area contributed by atoms with Crippen molar-refractivity contribution in [3.05, 3.63) is 99.6 Å². The second-order valence-corrected chi connectivity index (χ2v) is 7.73. The molecule has 0 spiro atoms. The van der Waals surface area contributed by atoms with Crippen LogP contribution in [-0.2, 0) is 18.3 Å². The molecule has 0 bridgehead atoms. The van der Waals surface area contributed by atoms with Gasteiger partial charge in [0.15, 0.2) is 11.6 Å². The fourth-order valence-electron chi connectivity index (χ4n) is 3.85. The van der Waals surface area contributed by atoms with Crippen LogP contribution in [0.2, 0.25) is 0 Å². The van der Waals surface area contributed by atoms with Crippen LogP contribution >= 0.6 is 0 Å². The highest BCUT2D eigenvalue weighted by Gasteiger charge is 2.59. The van der Waals surface area contributed by atoms with Crippen LogP contribution in [0.15, 0.2) is 48.5 Å². The molecule has 1 nitrogen and oxygen atoms in total. The largest absolute Gasteiger partial charge is 0.494 e. The molecule has 178 valence electrons.